The number of methoxy groups -OCH3 is 1. The van der Waals surface area contributed by atoms with Crippen LogP contribution in [-0.4, -0.2) is 37.4 Å². The number of ether oxygens (including phenoxy) is 2. The summed E-state index contributed by atoms with van der Waals surface area (Å²) in [4.78, 5) is 13.1. The van der Waals surface area contributed by atoms with Crippen molar-refractivity contribution in [2.75, 3.05) is 25.6 Å². The number of carbonyl (C=O) groups is 1. The Hall–Kier alpha value is -1.18. The average Bonchev–Trinajstić information content (AvgIpc) is 2.64. The standard InChI is InChI=1S/C14H22N2O3S2/c1-6-19-13(17)11-9(3)10(4)21-12(11)16-14(20)15-8(2)7-18-5/h8H,6-7H2,1-5H3,(H2,15,16,20). The van der Waals surface area contributed by atoms with Crippen LogP contribution in [0.3, 0.4) is 0 Å². The van der Waals surface area contributed by atoms with Gasteiger partial charge < -0.3 is 20.1 Å². The van der Waals surface area contributed by atoms with Crippen molar-refractivity contribution in [2.45, 2.75) is 33.7 Å². The van der Waals surface area contributed by atoms with Crippen LogP contribution < -0.4 is 10.6 Å². The minimum atomic E-state index is -0.324. The summed E-state index contributed by atoms with van der Waals surface area (Å²) in [6.07, 6.45) is 0. The van der Waals surface area contributed by atoms with Crippen LogP contribution in [0.5, 0.6) is 0 Å². The van der Waals surface area contributed by atoms with E-state index in [1.54, 1.807) is 14.0 Å². The quantitative estimate of drug-likeness (QED) is 0.618. The fraction of sp³-hybridized carbons (Fsp3) is 0.571. The summed E-state index contributed by atoms with van der Waals surface area (Å²) in [6, 6.07) is 0.0863. The van der Waals surface area contributed by atoms with Crippen LogP contribution in [0.15, 0.2) is 0 Å². The molecule has 2 N–H and O–H groups in total. The molecule has 0 saturated heterocycles. The molecule has 1 unspecified atom stereocenters. The van der Waals surface area contributed by atoms with E-state index in [0.29, 0.717) is 28.9 Å². The third-order valence-electron chi connectivity index (χ3n) is 2.89. The predicted octanol–water partition coefficient (Wildman–Crippen LogP) is 2.86. The molecule has 7 heteroatoms. The van der Waals surface area contributed by atoms with E-state index in [2.05, 4.69) is 10.6 Å². The molecule has 0 amide bonds. The number of hydrogen-bond acceptors (Lipinski definition) is 5. The van der Waals surface area contributed by atoms with Crippen LogP contribution in [0.25, 0.3) is 0 Å². The van der Waals surface area contributed by atoms with Crippen molar-refractivity contribution in [3.8, 4) is 0 Å². The van der Waals surface area contributed by atoms with E-state index in [9.17, 15) is 4.79 Å². The molecule has 118 valence electrons. The lowest BCUT2D eigenvalue weighted by atomic mass is 10.1. The molecule has 0 aliphatic heterocycles. The zero-order valence-corrected chi connectivity index (χ0v) is 14.7. The molecule has 0 radical (unpaired) electrons. The summed E-state index contributed by atoms with van der Waals surface area (Å²) in [6.45, 7) is 8.54. The average molecular weight is 330 g/mol. The molecule has 0 spiro atoms. The van der Waals surface area contributed by atoms with Crippen LogP contribution in [0.1, 0.15) is 34.6 Å². The molecule has 0 aliphatic rings. The van der Waals surface area contributed by atoms with E-state index in [-0.39, 0.29) is 12.0 Å². The van der Waals surface area contributed by atoms with Gasteiger partial charge >= 0.3 is 5.97 Å². The van der Waals surface area contributed by atoms with E-state index < -0.39 is 0 Å². The second-order valence-corrected chi connectivity index (χ2v) is 6.30. The minimum absolute atomic E-state index is 0.0863. The van der Waals surface area contributed by atoms with Gasteiger partial charge in [-0.2, -0.15) is 0 Å². The van der Waals surface area contributed by atoms with Gasteiger partial charge in [-0.05, 0) is 45.5 Å². The van der Waals surface area contributed by atoms with Crippen molar-refractivity contribution in [1.29, 1.82) is 0 Å². The first-order valence-electron chi connectivity index (χ1n) is 6.74. The first kappa shape index (κ1) is 17.9. The van der Waals surface area contributed by atoms with Crippen molar-refractivity contribution >= 4 is 39.6 Å². The summed E-state index contributed by atoms with van der Waals surface area (Å²) in [5.41, 5.74) is 1.48. The predicted molar refractivity (Wildman–Crippen MR) is 90.4 cm³/mol. The SMILES string of the molecule is CCOC(=O)c1c(NC(=S)NC(C)COC)sc(C)c1C. The maximum absolute atomic E-state index is 12.1. The second-order valence-electron chi connectivity index (χ2n) is 4.66. The van der Waals surface area contributed by atoms with E-state index in [4.69, 9.17) is 21.7 Å². The van der Waals surface area contributed by atoms with Crippen LogP contribution in [0, 0.1) is 13.8 Å². The molecule has 0 saturated carbocycles. The highest BCUT2D eigenvalue weighted by molar-refractivity contribution is 7.80. The van der Waals surface area contributed by atoms with Crippen LogP contribution in [-0.2, 0) is 9.47 Å². The maximum Gasteiger partial charge on any atom is 0.341 e. The first-order chi connectivity index (χ1) is 9.90. The topological polar surface area (TPSA) is 59.6 Å². The van der Waals surface area contributed by atoms with Gasteiger partial charge in [0.2, 0.25) is 0 Å². The van der Waals surface area contributed by atoms with Crippen molar-refractivity contribution in [1.82, 2.24) is 5.32 Å². The van der Waals surface area contributed by atoms with E-state index >= 15 is 0 Å². The number of aryl methyl sites for hydroxylation is 1. The number of thiophene rings is 1. The lowest BCUT2D eigenvalue weighted by Gasteiger charge is -2.16. The molecule has 1 atom stereocenters. The molecule has 5 nitrogen and oxygen atoms in total. The molecule has 0 aliphatic carbocycles. The normalized spacial score (nSPS) is 11.9. The summed E-state index contributed by atoms with van der Waals surface area (Å²) in [5, 5.41) is 7.37. The van der Waals surface area contributed by atoms with Crippen molar-refractivity contribution in [3.63, 3.8) is 0 Å². The smallest absolute Gasteiger partial charge is 0.341 e. The zero-order chi connectivity index (χ0) is 16.0. The maximum atomic E-state index is 12.1. The van der Waals surface area contributed by atoms with Gasteiger partial charge in [-0.3, -0.25) is 0 Å². The Labute approximate surface area is 135 Å². The Morgan fingerprint density at radius 2 is 2.10 bits per heavy atom. The summed E-state index contributed by atoms with van der Waals surface area (Å²) < 4.78 is 10.2. The molecule has 0 fully saturated rings. The highest BCUT2D eigenvalue weighted by atomic mass is 32.1. The molecule has 1 aromatic heterocycles. The lowest BCUT2D eigenvalue weighted by molar-refractivity contribution is 0.0527. The number of anilines is 1. The first-order valence-corrected chi connectivity index (χ1v) is 7.96. The lowest BCUT2D eigenvalue weighted by Crippen LogP contribution is -2.38. The van der Waals surface area contributed by atoms with Crippen LogP contribution in [0.2, 0.25) is 0 Å². The fourth-order valence-electron chi connectivity index (χ4n) is 1.82. The van der Waals surface area contributed by atoms with Gasteiger partial charge in [0.1, 0.15) is 5.00 Å². The van der Waals surface area contributed by atoms with Gasteiger partial charge in [0, 0.05) is 18.0 Å². The number of thiocarbonyl (C=S) groups is 1. The van der Waals surface area contributed by atoms with Gasteiger partial charge in [0.05, 0.1) is 18.8 Å². The summed E-state index contributed by atoms with van der Waals surface area (Å²) >= 11 is 6.76. The van der Waals surface area contributed by atoms with Crippen LogP contribution in [0.4, 0.5) is 5.00 Å². The Bertz CT molecular complexity index is 515. The minimum Gasteiger partial charge on any atom is -0.462 e. The largest absolute Gasteiger partial charge is 0.462 e. The van der Waals surface area contributed by atoms with Crippen molar-refractivity contribution < 1.29 is 14.3 Å². The zero-order valence-electron chi connectivity index (χ0n) is 13.0. The van der Waals surface area contributed by atoms with Gasteiger partial charge in [0.15, 0.2) is 5.11 Å². The number of hydrogen-bond donors (Lipinski definition) is 2. The highest BCUT2D eigenvalue weighted by Crippen LogP contribution is 2.32. The number of esters is 1. The van der Waals surface area contributed by atoms with Gasteiger partial charge in [0.25, 0.3) is 0 Å². The summed E-state index contributed by atoms with van der Waals surface area (Å²) in [5.74, 6) is -0.324. The Morgan fingerprint density at radius 1 is 1.43 bits per heavy atom. The van der Waals surface area contributed by atoms with Crippen molar-refractivity contribution in [3.05, 3.63) is 16.0 Å². The van der Waals surface area contributed by atoms with E-state index in [0.717, 1.165) is 10.4 Å². The fourth-order valence-corrected chi connectivity index (χ4v) is 3.24. The molecule has 1 rings (SSSR count). The van der Waals surface area contributed by atoms with E-state index in [1.807, 2.05) is 20.8 Å². The van der Waals surface area contributed by atoms with E-state index in [1.165, 1.54) is 11.3 Å². The number of rotatable bonds is 6. The van der Waals surface area contributed by atoms with Gasteiger partial charge in [-0.15, -0.1) is 11.3 Å². The second kappa shape index (κ2) is 8.31. The number of carbonyl (C=O) groups excluding carboxylic acids is 1. The Balaban J connectivity index is 2.85. The molecule has 0 aromatic carbocycles. The third kappa shape index (κ3) is 4.94. The van der Waals surface area contributed by atoms with Crippen LogP contribution >= 0.6 is 23.6 Å². The third-order valence-corrected chi connectivity index (χ3v) is 4.23. The van der Waals surface area contributed by atoms with Crippen molar-refractivity contribution in [2.24, 2.45) is 0 Å². The highest BCUT2D eigenvalue weighted by Gasteiger charge is 2.21. The Morgan fingerprint density at radius 3 is 2.67 bits per heavy atom. The Kier molecular flexibility index (Phi) is 7.07. The molecule has 1 aromatic rings. The van der Waals surface area contributed by atoms with Gasteiger partial charge in [-0.25, -0.2) is 4.79 Å². The molecule has 1 heterocycles. The summed E-state index contributed by atoms with van der Waals surface area (Å²) in [7, 11) is 1.64. The molecular formula is C14H22N2O3S2. The molecule has 21 heavy (non-hydrogen) atoms. The molecular weight excluding hydrogens is 308 g/mol. The monoisotopic (exact) mass is 330 g/mol. The van der Waals surface area contributed by atoms with Gasteiger partial charge in [-0.1, -0.05) is 0 Å². The number of nitrogens with one attached hydrogen (secondary N) is 2. The molecule has 0 bridgehead atoms.